The lowest BCUT2D eigenvalue weighted by Gasteiger charge is -2.10. The van der Waals surface area contributed by atoms with Gasteiger partial charge in [-0.25, -0.2) is 9.97 Å². The van der Waals surface area contributed by atoms with Crippen molar-refractivity contribution in [1.82, 2.24) is 9.97 Å². The Bertz CT molecular complexity index is 598. The van der Waals surface area contributed by atoms with E-state index < -0.39 is 0 Å². The minimum Gasteiger partial charge on any atom is -0.438 e. The molecule has 0 amide bonds. The average Bonchev–Trinajstić information content (AvgIpc) is 2.83. The van der Waals surface area contributed by atoms with Gasteiger partial charge < -0.3 is 4.74 Å². The van der Waals surface area contributed by atoms with Gasteiger partial charge in [0.05, 0.1) is 5.69 Å². The van der Waals surface area contributed by atoms with Crippen LogP contribution >= 0.6 is 15.9 Å². The monoisotopic (exact) mass is 304 g/mol. The minimum absolute atomic E-state index is 0.707. The molecule has 1 heterocycles. The third kappa shape index (κ3) is 2.12. The van der Waals surface area contributed by atoms with Crippen molar-refractivity contribution in [3.63, 3.8) is 0 Å². The largest absolute Gasteiger partial charge is 0.438 e. The van der Waals surface area contributed by atoms with Crippen LogP contribution < -0.4 is 4.74 Å². The van der Waals surface area contributed by atoms with Crippen molar-refractivity contribution in [3.05, 3.63) is 45.8 Å². The molecule has 1 aliphatic carbocycles. The SMILES string of the molecule is Cc1ccc(Br)cc1Oc1ncnc2c1CCC2. The van der Waals surface area contributed by atoms with Crippen LogP contribution in [0.2, 0.25) is 0 Å². The molecule has 0 saturated carbocycles. The predicted octanol–water partition coefficient (Wildman–Crippen LogP) is 3.83. The number of aromatic nitrogens is 2. The topological polar surface area (TPSA) is 35.0 Å². The summed E-state index contributed by atoms with van der Waals surface area (Å²) in [5.41, 5.74) is 3.40. The Morgan fingerprint density at radius 3 is 3.00 bits per heavy atom. The van der Waals surface area contributed by atoms with Crippen molar-refractivity contribution in [2.45, 2.75) is 26.2 Å². The molecule has 92 valence electrons. The maximum Gasteiger partial charge on any atom is 0.225 e. The molecule has 0 bridgehead atoms. The van der Waals surface area contributed by atoms with E-state index in [9.17, 15) is 0 Å². The van der Waals surface area contributed by atoms with Gasteiger partial charge >= 0.3 is 0 Å². The van der Waals surface area contributed by atoms with E-state index in [1.807, 2.05) is 25.1 Å². The van der Waals surface area contributed by atoms with Gasteiger partial charge in [0.15, 0.2) is 0 Å². The molecule has 0 atom stereocenters. The molecule has 1 aliphatic rings. The maximum absolute atomic E-state index is 5.95. The Labute approximate surface area is 114 Å². The number of aryl methyl sites for hydroxylation is 2. The smallest absolute Gasteiger partial charge is 0.225 e. The zero-order chi connectivity index (χ0) is 12.5. The second-order valence-corrected chi connectivity index (χ2v) is 5.39. The summed E-state index contributed by atoms with van der Waals surface area (Å²) >= 11 is 3.46. The van der Waals surface area contributed by atoms with Crippen LogP contribution in [0.4, 0.5) is 0 Å². The van der Waals surface area contributed by atoms with E-state index in [0.29, 0.717) is 5.88 Å². The Hall–Kier alpha value is -1.42. The van der Waals surface area contributed by atoms with Gasteiger partial charge in [0.2, 0.25) is 5.88 Å². The van der Waals surface area contributed by atoms with Crippen LogP contribution in [0.1, 0.15) is 23.2 Å². The molecule has 3 nitrogen and oxygen atoms in total. The van der Waals surface area contributed by atoms with Crippen molar-refractivity contribution in [2.75, 3.05) is 0 Å². The Balaban J connectivity index is 1.98. The minimum atomic E-state index is 0.707. The molecule has 0 aliphatic heterocycles. The van der Waals surface area contributed by atoms with Gasteiger partial charge in [0.1, 0.15) is 12.1 Å². The summed E-state index contributed by atoms with van der Waals surface area (Å²) in [5, 5.41) is 0. The third-order valence-corrected chi connectivity index (χ3v) is 3.69. The Morgan fingerprint density at radius 1 is 1.22 bits per heavy atom. The molecule has 1 aromatic carbocycles. The summed E-state index contributed by atoms with van der Waals surface area (Å²) in [5.74, 6) is 1.55. The number of benzene rings is 1. The van der Waals surface area contributed by atoms with E-state index in [4.69, 9.17) is 4.74 Å². The highest BCUT2D eigenvalue weighted by molar-refractivity contribution is 9.10. The highest BCUT2D eigenvalue weighted by atomic mass is 79.9. The zero-order valence-corrected chi connectivity index (χ0v) is 11.7. The number of hydrogen-bond donors (Lipinski definition) is 0. The number of ether oxygens (including phenoxy) is 1. The van der Waals surface area contributed by atoms with Crippen molar-refractivity contribution >= 4 is 15.9 Å². The molecule has 0 radical (unpaired) electrons. The van der Waals surface area contributed by atoms with Gasteiger partial charge in [-0.2, -0.15) is 0 Å². The number of halogens is 1. The van der Waals surface area contributed by atoms with E-state index in [1.54, 1.807) is 6.33 Å². The molecule has 0 unspecified atom stereocenters. The normalized spacial score (nSPS) is 13.4. The first-order valence-corrected chi connectivity index (χ1v) is 6.80. The fourth-order valence-electron chi connectivity index (χ4n) is 2.21. The number of fused-ring (bicyclic) bond motifs is 1. The number of hydrogen-bond acceptors (Lipinski definition) is 3. The van der Waals surface area contributed by atoms with Crippen molar-refractivity contribution < 1.29 is 4.74 Å². The van der Waals surface area contributed by atoms with Gasteiger partial charge in [0, 0.05) is 10.0 Å². The summed E-state index contributed by atoms with van der Waals surface area (Å²) in [6.07, 6.45) is 4.78. The maximum atomic E-state index is 5.95. The van der Waals surface area contributed by atoms with E-state index >= 15 is 0 Å². The molecule has 18 heavy (non-hydrogen) atoms. The molecule has 4 heteroatoms. The molecule has 0 fully saturated rings. The van der Waals surface area contributed by atoms with Crippen molar-refractivity contribution in [3.8, 4) is 11.6 Å². The van der Waals surface area contributed by atoms with E-state index in [-0.39, 0.29) is 0 Å². The van der Waals surface area contributed by atoms with E-state index in [1.165, 1.54) is 0 Å². The van der Waals surface area contributed by atoms with Crippen LogP contribution in [0.15, 0.2) is 29.0 Å². The van der Waals surface area contributed by atoms with E-state index in [0.717, 1.165) is 46.3 Å². The molecule has 0 N–H and O–H groups in total. The summed E-state index contributed by atoms with van der Waals surface area (Å²) in [7, 11) is 0. The first-order chi connectivity index (χ1) is 8.74. The molecule has 2 aromatic rings. The third-order valence-electron chi connectivity index (χ3n) is 3.19. The highest BCUT2D eigenvalue weighted by Crippen LogP contribution is 2.32. The molecular formula is C14H13BrN2O. The van der Waals surface area contributed by atoms with Crippen LogP contribution in [0.5, 0.6) is 11.6 Å². The van der Waals surface area contributed by atoms with Crippen molar-refractivity contribution in [1.29, 1.82) is 0 Å². The van der Waals surface area contributed by atoms with Gasteiger partial charge in [0.25, 0.3) is 0 Å². The first-order valence-electron chi connectivity index (χ1n) is 6.01. The second-order valence-electron chi connectivity index (χ2n) is 4.47. The average molecular weight is 305 g/mol. The molecule has 1 aromatic heterocycles. The lowest BCUT2D eigenvalue weighted by molar-refractivity contribution is 0.452. The second kappa shape index (κ2) is 4.69. The first kappa shape index (κ1) is 11.7. The van der Waals surface area contributed by atoms with Crippen molar-refractivity contribution in [2.24, 2.45) is 0 Å². The van der Waals surface area contributed by atoms with Crippen LogP contribution in [0.25, 0.3) is 0 Å². The molecule has 0 saturated heterocycles. The quantitative estimate of drug-likeness (QED) is 0.846. The molecule has 0 spiro atoms. The molecular weight excluding hydrogens is 292 g/mol. The summed E-state index contributed by atoms with van der Waals surface area (Å²) in [6.45, 7) is 2.03. The lowest BCUT2D eigenvalue weighted by Crippen LogP contribution is -1.97. The highest BCUT2D eigenvalue weighted by Gasteiger charge is 2.18. The Kier molecular flexibility index (Phi) is 3.04. The lowest BCUT2D eigenvalue weighted by atomic mass is 10.2. The van der Waals surface area contributed by atoms with Gasteiger partial charge in [-0.3, -0.25) is 0 Å². The number of rotatable bonds is 2. The summed E-state index contributed by atoms with van der Waals surface area (Å²) < 4.78 is 6.96. The van der Waals surface area contributed by atoms with Gasteiger partial charge in [-0.1, -0.05) is 22.0 Å². The Morgan fingerprint density at radius 2 is 2.11 bits per heavy atom. The summed E-state index contributed by atoms with van der Waals surface area (Å²) in [6, 6.07) is 6.01. The zero-order valence-electron chi connectivity index (χ0n) is 10.1. The number of nitrogens with zero attached hydrogens (tertiary/aromatic N) is 2. The summed E-state index contributed by atoms with van der Waals surface area (Å²) in [4.78, 5) is 8.57. The van der Waals surface area contributed by atoms with Gasteiger partial charge in [-0.15, -0.1) is 0 Å². The molecule has 3 rings (SSSR count). The van der Waals surface area contributed by atoms with Crippen LogP contribution in [0, 0.1) is 6.92 Å². The van der Waals surface area contributed by atoms with Crippen LogP contribution in [0.3, 0.4) is 0 Å². The standard InChI is InChI=1S/C14H13BrN2O/c1-9-5-6-10(15)7-13(9)18-14-11-3-2-4-12(11)16-8-17-14/h5-8H,2-4H2,1H3. The van der Waals surface area contributed by atoms with Crippen LogP contribution in [-0.4, -0.2) is 9.97 Å². The van der Waals surface area contributed by atoms with Gasteiger partial charge in [-0.05, 0) is 43.9 Å². The van der Waals surface area contributed by atoms with Crippen LogP contribution in [-0.2, 0) is 12.8 Å². The van der Waals surface area contributed by atoms with E-state index in [2.05, 4.69) is 25.9 Å². The fraction of sp³-hybridized carbons (Fsp3) is 0.286. The predicted molar refractivity (Wildman–Crippen MR) is 73.0 cm³/mol. The fourth-order valence-corrected chi connectivity index (χ4v) is 2.55.